The first kappa shape index (κ1) is 15.1. The Morgan fingerprint density at radius 3 is 2.48 bits per heavy atom. The molecule has 0 bridgehead atoms. The quantitative estimate of drug-likeness (QED) is 0.586. The van der Waals surface area contributed by atoms with E-state index in [-0.39, 0.29) is 28.6 Å². The molecule has 112 valence electrons. The number of nitrogens with two attached hydrogens (primary N) is 1. The van der Waals surface area contributed by atoms with Crippen LogP contribution >= 0.6 is 0 Å². The molecular formula is C14H16N2O4S. The molecule has 0 radical (unpaired) electrons. The second kappa shape index (κ2) is 5.63. The van der Waals surface area contributed by atoms with Gasteiger partial charge in [-0.3, -0.25) is 0 Å². The van der Waals surface area contributed by atoms with Gasteiger partial charge in [0.15, 0.2) is 0 Å². The van der Waals surface area contributed by atoms with Gasteiger partial charge in [-0.2, -0.15) is 4.31 Å². The minimum atomic E-state index is -3.73. The number of phenolic OH excluding ortho intramolecular Hbond substituents is 2. The van der Waals surface area contributed by atoms with Gasteiger partial charge in [0.05, 0.1) is 10.6 Å². The van der Waals surface area contributed by atoms with Gasteiger partial charge in [0, 0.05) is 13.6 Å². The Bertz CT molecular complexity index is 759. The summed E-state index contributed by atoms with van der Waals surface area (Å²) in [5.41, 5.74) is 6.19. The zero-order valence-electron chi connectivity index (χ0n) is 11.4. The van der Waals surface area contributed by atoms with Crippen molar-refractivity contribution < 1.29 is 18.6 Å². The molecule has 0 spiro atoms. The lowest BCUT2D eigenvalue weighted by atomic mass is 10.2. The Balaban J connectivity index is 2.28. The first-order valence-electron chi connectivity index (χ1n) is 6.13. The van der Waals surface area contributed by atoms with E-state index in [1.54, 1.807) is 12.1 Å². The van der Waals surface area contributed by atoms with E-state index in [4.69, 9.17) is 5.73 Å². The van der Waals surface area contributed by atoms with Crippen molar-refractivity contribution in [1.29, 1.82) is 0 Å². The van der Waals surface area contributed by atoms with Crippen LogP contribution in [0.1, 0.15) is 5.56 Å². The molecule has 0 atom stereocenters. The molecule has 0 aliphatic rings. The average molecular weight is 308 g/mol. The minimum absolute atomic E-state index is 0.000420. The standard InChI is InChI=1S/C14H16N2O4S/c1-16(9-10-3-2-4-11(17)7-10)21(19,20)12-5-6-14(18)13(15)8-12/h2-8,17-18H,9,15H2,1H3. The molecule has 0 amide bonds. The fourth-order valence-electron chi connectivity index (χ4n) is 1.87. The van der Waals surface area contributed by atoms with E-state index in [0.717, 1.165) is 4.31 Å². The maximum absolute atomic E-state index is 12.4. The minimum Gasteiger partial charge on any atom is -0.508 e. The van der Waals surface area contributed by atoms with Crippen LogP contribution in [-0.2, 0) is 16.6 Å². The number of aromatic hydroxyl groups is 2. The number of hydrogen-bond acceptors (Lipinski definition) is 5. The Kier molecular flexibility index (Phi) is 4.06. The molecule has 0 aromatic heterocycles. The maximum atomic E-state index is 12.4. The molecule has 0 fully saturated rings. The lowest BCUT2D eigenvalue weighted by Gasteiger charge is -2.18. The van der Waals surface area contributed by atoms with Crippen molar-refractivity contribution in [3.05, 3.63) is 48.0 Å². The summed E-state index contributed by atoms with van der Waals surface area (Å²) in [5, 5.41) is 18.8. The monoisotopic (exact) mass is 308 g/mol. The third-order valence-electron chi connectivity index (χ3n) is 3.02. The zero-order valence-corrected chi connectivity index (χ0v) is 12.2. The smallest absolute Gasteiger partial charge is 0.243 e. The van der Waals surface area contributed by atoms with Crippen LogP contribution in [0, 0.1) is 0 Å². The molecule has 0 unspecified atom stereocenters. The number of rotatable bonds is 4. The van der Waals surface area contributed by atoms with Crippen LogP contribution in [-0.4, -0.2) is 30.0 Å². The van der Waals surface area contributed by atoms with E-state index in [1.807, 2.05) is 0 Å². The summed E-state index contributed by atoms with van der Waals surface area (Å²) in [7, 11) is -2.30. The second-order valence-corrected chi connectivity index (χ2v) is 6.70. The molecule has 0 heterocycles. The van der Waals surface area contributed by atoms with Gasteiger partial charge >= 0.3 is 0 Å². The van der Waals surface area contributed by atoms with Crippen molar-refractivity contribution in [2.45, 2.75) is 11.4 Å². The summed E-state index contributed by atoms with van der Waals surface area (Å²) in [4.78, 5) is 0.000420. The van der Waals surface area contributed by atoms with Gasteiger partial charge in [-0.15, -0.1) is 0 Å². The molecule has 2 rings (SSSR count). The molecule has 2 aromatic carbocycles. The Morgan fingerprint density at radius 1 is 1.14 bits per heavy atom. The number of benzene rings is 2. The first-order valence-corrected chi connectivity index (χ1v) is 7.57. The van der Waals surface area contributed by atoms with Crippen LogP contribution < -0.4 is 5.73 Å². The van der Waals surface area contributed by atoms with E-state index in [1.165, 1.54) is 37.4 Å². The van der Waals surface area contributed by atoms with E-state index in [2.05, 4.69) is 0 Å². The number of nitrogens with zero attached hydrogens (tertiary/aromatic N) is 1. The van der Waals surface area contributed by atoms with Crippen molar-refractivity contribution in [2.24, 2.45) is 0 Å². The second-order valence-electron chi connectivity index (χ2n) is 4.65. The van der Waals surface area contributed by atoms with Crippen molar-refractivity contribution >= 4 is 15.7 Å². The molecular weight excluding hydrogens is 292 g/mol. The summed E-state index contributed by atoms with van der Waals surface area (Å²) < 4.78 is 26.0. The normalized spacial score (nSPS) is 11.7. The molecule has 0 aliphatic carbocycles. The molecule has 7 heteroatoms. The highest BCUT2D eigenvalue weighted by molar-refractivity contribution is 7.89. The fraction of sp³-hybridized carbons (Fsp3) is 0.143. The number of hydrogen-bond donors (Lipinski definition) is 3. The van der Waals surface area contributed by atoms with E-state index >= 15 is 0 Å². The summed E-state index contributed by atoms with van der Waals surface area (Å²) >= 11 is 0. The third-order valence-corrected chi connectivity index (χ3v) is 4.82. The Hall–Kier alpha value is -2.25. The topological polar surface area (TPSA) is 104 Å². The van der Waals surface area contributed by atoms with Crippen molar-refractivity contribution in [3.63, 3.8) is 0 Å². The lowest BCUT2D eigenvalue weighted by Crippen LogP contribution is -2.26. The van der Waals surface area contributed by atoms with E-state index in [9.17, 15) is 18.6 Å². The van der Waals surface area contributed by atoms with E-state index < -0.39 is 10.0 Å². The van der Waals surface area contributed by atoms with Crippen LogP contribution in [0.5, 0.6) is 11.5 Å². The number of sulfonamides is 1. The largest absolute Gasteiger partial charge is 0.508 e. The zero-order chi connectivity index (χ0) is 15.6. The average Bonchev–Trinajstić information content (AvgIpc) is 2.41. The third kappa shape index (κ3) is 3.26. The van der Waals surface area contributed by atoms with Crippen LogP contribution in [0.25, 0.3) is 0 Å². The number of anilines is 1. The van der Waals surface area contributed by atoms with Crippen LogP contribution in [0.3, 0.4) is 0 Å². The molecule has 21 heavy (non-hydrogen) atoms. The van der Waals surface area contributed by atoms with Gasteiger partial charge in [0.1, 0.15) is 11.5 Å². The maximum Gasteiger partial charge on any atom is 0.243 e. The number of nitrogen functional groups attached to an aromatic ring is 1. The fourth-order valence-corrected chi connectivity index (χ4v) is 3.06. The lowest BCUT2D eigenvalue weighted by molar-refractivity contribution is 0.457. The van der Waals surface area contributed by atoms with Gasteiger partial charge in [-0.05, 0) is 35.9 Å². The molecule has 4 N–H and O–H groups in total. The SMILES string of the molecule is CN(Cc1cccc(O)c1)S(=O)(=O)c1ccc(O)c(N)c1. The summed E-state index contributed by atoms with van der Waals surface area (Å²) in [6.07, 6.45) is 0. The molecule has 0 aliphatic heterocycles. The first-order chi connectivity index (χ1) is 9.80. The van der Waals surface area contributed by atoms with Crippen molar-refractivity contribution in [3.8, 4) is 11.5 Å². The highest BCUT2D eigenvalue weighted by Crippen LogP contribution is 2.25. The molecule has 2 aromatic rings. The summed E-state index contributed by atoms with van der Waals surface area (Å²) in [6, 6.07) is 10.1. The Morgan fingerprint density at radius 2 is 1.86 bits per heavy atom. The summed E-state index contributed by atoms with van der Waals surface area (Å²) in [6.45, 7) is 0.109. The summed E-state index contributed by atoms with van der Waals surface area (Å²) in [5.74, 6) is -0.0863. The number of phenols is 2. The predicted molar refractivity (Wildman–Crippen MR) is 79.3 cm³/mol. The van der Waals surface area contributed by atoms with Crippen LogP contribution in [0.15, 0.2) is 47.4 Å². The molecule has 0 saturated heterocycles. The van der Waals surface area contributed by atoms with E-state index in [0.29, 0.717) is 5.56 Å². The highest BCUT2D eigenvalue weighted by Gasteiger charge is 2.21. The molecule has 6 nitrogen and oxygen atoms in total. The predicted octanol–water partition coefficient (Wildman–Crippen LogP) is 1.50. The van der Waals surface area contributed by atoms with Gasteiger partial charge in [-0.1, -0.05) is 12.1 Å². The Labute approximate surface area is 123 Å². The van der Waals surface area contributed by atoms with Gasteiger partial charge in [0.2, 0.25) is 10.0 Å². The van der Waals surface area contributed by atoms with Gasteiger partial charge < -0.3 is 15.9 Å². The molecule has 0 saturated carbocycles. The van der Waals surface area contributed by atoms with Crippen LogP contribution in [0.4, 0.5) is 5.69 Å². The van der Waals surface area contributed by atoms with Crippen LogP contribution in [0.2, 0.25) is 0 Å². The highest BCUT2D eigenvalue weighted by atomic mass is 32.2. The van der Waals surface area contributed by atoms with Crippen molar-refractivity contribution in [1.82, 2.24) is 4.31 Å². The van der Waals surface area contributed by atoms with Crippen molar-refractivity contribution in [2.75, 3.05) is 12.8 Å². The van der Waals surface area contributed by atoms with Gasteiger partial charge in [0.25, 0.3) is 0 Å². The van der Waals surface area contributed by atoms with Gasteiger partial charge in [-0.25, -0.2) is 8.42 Å².